The van der Waals surface area contributed by atoms with Crippen LogP contribution in [0.15, 0.2) is 29.2 Å². The van der Waals surface area contributed by atoms with E-state index in [1.165, 1.54) is 19.0 Å². The molecule has 0 saturated carbocycles. The topological polar surface area (TPSA) is 74.4 Å². The largest absolute Gasteiger partial charge is 0.495 e. The molecule has 2 heterocycles. The number of pyridine rings is 1. The van der Waals surface area contributed by atoms with Crippen molar-refractivity contribution in [3.63, 3.8) is 0 Å². The predicted octanol–water partition coefficient (Wildman–Crippen LogP) is 2.78. The first-order chi connectivity index (χ1) is 12.8. The number of piperidine rings is 1. The number of aromatic nitrogens is 1. The molecule has 1 fully saturated rings. The van der Waals surface area contributed by atoms with Crippen molar-refractivity contribution >= 4 is 16.8 Å². The SMILES string of the molecule is COc1cccc2c(=O)c(C(=O)NC(C)(C)CN3CCC[C@@H](C)C3)c[nH]c12. The van der Waals surface area contributed by atoms with Crippen molar-refractivity contribution in [1.82, 2.24) is 15.2 Å². The fraction of sp³-hybridized carbons (Fsp3) is 0.524. The molecule has 1 aromatic heterocycles. The quantitative estimate of drug-likeness (QED) is 0.848. The first-order valence-electron chi connectivity index (χ1n) is 9.54. The number of ether oxygens (including phenoxy) is 1. The number of hydrogen-bond donors (Lipinski definition) is 2. The molecule has 1 atom stereocenters. The minimum Gasteiger partial charge on any atom is -0.495 e. The first-order valence-corrected chi connectivity index (χ1v) is 9.54. The zero-order chi connectivity index (χ0) is 19.6. The van der Waals surface area contributed by atoms with E-state index in [0.29, 0.717) is 22.6 Å². The molecule has 1 aliphatic heterocycles. The van der Waals surface area contributed by atoms with E-state index in [9.17, 15) is 9.59 Å². The third kappa shape index (κ3) is 4.33. The van der Waals surface area contributed by atoms with Gasteiger partial charge in [0.1, 0.15) is 11.3 Å². The molecule has 2 N–H and O–H groups in total. The Morgan fingerprint density at radius 2 is 2.19 bits per heavy atom. The second-order valence-corrected chi connectivity index (χ2v) is 8.23. The lowest BCUT2D eigenvalue weighted by Gasteiger charge is -2.37. The van der Waals surface area contributed by atoms with Crippen LogP contribution in [0.5, 0.6) is 5.75 Å². The van der Waals surface area contributed by atoms with Crippen LogP contribution < -0.4 is 15.5 Å². The number of benzene rings is 1. The number of amides is 1. The fourth-order valence-corrected chi connectivity index (χ4v) is 3.97. The van der Waals surface area contributed by atoms with Crippen LogP contribution in [0, 0.1) is 5.92 Å². The van der Waals surface area contributed by atoms with Gasteiger partial charge in [-0.05, 0) is 51.3 Å². The highest BCUT2D eigenvalue weighted by Crippen LogP contribution is 2.21. The number of aromatic amines is 1. The van der Waals surface area contributed by atoms with Gasteiger partial charge in [-0.3, -0.25) is 9.59 Å². The Bertz CT molecular complexity index is 888. The molecule has 0 unspecified atom stereocenters. The summed E-state index contributed by atoms with van der Waals surface area (Å²) in [6, 6.07) is 5.23. The summed E-state index contributed by atoms with van der Waals surface area (Å²) >= 11 is 0. The Hall–Kier alpha value is -2.34. The number of rotatable bonds is 5. The average molecular weight is 371 g/mol. The Morgan fingerprint density at radius 1 is 1.41 bits per heavy atom. The number of para-hydroxylation sites is 1. The number of nitrogens with zero attached hydrogens (tertiary/aromatic N) is 1. The maximum atomic E-state index is 12.8. The van der Waals surface area contributed by atoms with E-state index in [4.69, 9.17) is 4.74 Å². The van der Waals surface area contributed by atoms with Crippen molar-refractivity contribution in [3.8, 4) is 5.75 Å². The van der Waals surface area contributed by atoms with Crippen LogP contribution in [-0.2, 0) is 0 Å². The molecule has 1 saturated heterocycles. The number of carbonyl (C=O) groups excluding carboxylic acids is 1. The molecule has 1 amide bonds. The van der Waals surface area contributed by atoms with Crippen molar-refractivity contribution in [2.24, 2.45) is 5.92 Å². The summed E-state index contributed by atoms with van der Waals surface area (Å²) in [5, 5.41) is 3.49. The molecule has 3 rings (SSSR count). The Morgan fingerprint density at radius 3 is 2.89 bits per heavy atom. The highest BCUT2D eigenvalue weighted by molar-refractivity contribution is 5.98. The van der Waals surface area contributed by atoms with Crippen LogP contribution in [0.2, 0.25) is 0 Å². The normalized spacial score (nSPS) is 18.4. The Balaban J connectivity index is 1.79. The molecule has 0 aliphatic carbocycles. The van der Waals surface area contributed by atoms with Gasteiger partial charge in [-0.15, -0.1) is 0 Å². The van der Waals surface area contributed by atoms with E-state index < -0.39 is 5.54 Å². The standard InChI is InChI=1S/C21H29N3O3/c1-14-7-6-10-24(12-14)13-21(2,3)23-20(26)16-11-22-18-15(19(16)25)8-5-9-17(18)27-4/h5,8-9,11,14H,6-7,10,12-13H2,1-4H3,(H,22,25)(H,23,26)/t14-/m1/s1. The lowest BCUT2D eigenvalue weighted by Crippen LogP contribution is -2.53. The molecule has 1 aromatic carbocycles. The fourth-order valence-electron chi connectivity index (χ4n) is 3.97. The van der Waals surface area contributed by atoms with E-state index in [-0.39, 0.29) is 16.9 Å². The smallest absolute Gasteiger partial charge is 0.257 e. The minimum atomic E-state index is -0.427. The molecule has 0 bridgehead atoms. The lowest BCUT2D eigenvalue weighted by atomic mass is 9.97. The second kappa shape index (κ2) is 7.72. The van der Waals surface area contributed by atoms with Crippen molar-refractivity contribution in [2.75, 3.05) is 26.7 Å². The van der Waals surface area contributed by atoms with Crippen LogP contribution >= 0.6 is 0 Å². The first kappa shape index (κ1) is 19.4. The summed E-state index contributed by atoms with van der Waals surface area (Å²) in [7, 11) is 1.55. The summed E-state index contributed by atoms with van der Waals surface area (Å²) < 4.78 is 5.28. The van der Waals surface area contributed by atoms with Gasteiger partial charge in [0.2, 0.25) is 5.43 Å². The number of H-pyrrole nitrogens is 1. The summed E-state index contributed by atoms with van der Waals surface area (Å²) in [5.41, 5.74) is 0.00528. The summed E-state index contributed by atoms with van der Waals surface area (Å²) in [6.07, 6.45) is 3.93. The van der Waals surface area contributed by atoms with Gasteiger partial charge in [-0.1, -0.05) is 13.0 Å². The van der Waals surface area contributed by atoms with Gasteiger partial charge < -0.3 is 19.9 Å². The Kier molecular flexibility index (Phi) is 5.56. The van der Waals surface area contributed by atoms with Crippen LogP contribution in [-0.4, -0.2) is 48.1 Å². The summed E-state index contributed by atoms with van der Waals surface area (Å²) in [4.78, 5) is 31.0. The van der Waals surface area contributed by atoms with Gasteiger partial charge in [0.05, 0.1) is 18.0 Å². The molecule has 6 nitrogen and oxygen atoms in total. The molecule has 0 radical (unpaired) electrons. The number of hydrogen-bond acceptors (Lipinski definition) is 4. The monoisotopic (exact) mass is 371 g/mol. The lowest BCUT2D eigenvalue weighted by molar-refractivity contribution is 0.0862. The minimum absolute atomic E-state index is 0.121. The van der Waals surface area contributed by atoms with E-state index in [0.717, 1.165) is 19.6 Å². The maximum absolute atomic E-state index is 12.8. The highest BCUT2D eigenvalue weighted by Gasteiger charge is 2.27. The van der Waals surface area contributed by atoms with Gasteiger partial charge in [-0.25, -0.2) is 0 Å². The van der Waals surface area contributed by atoms with Gasteiger partial charge in [0, 0.05) is 24.8 Å². The van der Waals surface area contributed by atoms with E-state index >= 15 is 0 Å². The van der Waals surface area contributed by atoms with Gasteiger partial charge in [0.15, 0.2) is 0 Å². The van der Waals surface area contributed by atoms with E-state index in [1.54, 1.807) is 25.3 Å². The van der Waals surface area contributed by atoms with Gasteiger partial charge >= 0.3 is 0 Å². The molecular formula is C21H29N3O3. The molecule has 146 valence electrons. The number of fused-ring (bicyclic) bond motifs is 1. The summed E-state index contributed by atoms with van der Waals surface area (Å²) in [6.45, 7) is 9.14. The zero-order valence-corrected chi connectivity index (χ0v) is 16.6. The number of likely N-dealkylation sites (tertiary alicyclic amines) is 1. The number of carbonyl (C=O) groups is 1. The Labute approximate surface area is 159 Å². The van der Waals surface area contributed by atoms with E-state index in [1.807, 2.05) is 13.8 Å². The van der Waals surface area contributed by atoms with Crippen molar-refractivity contribution < 1.29 is 9.53 Å². The average Bonchev–Trinajstić information content (AvgIpc) is 2.60. The molecule has 27 heavy (non-hydrogen) atoms. The molecule has 1 aliphatic rings. The molecular weight excluding hydrogens is 342 g/mol. The maximum Gasteiger partial charge on any atom is 0.257 e. The second-order valence-electron chi connectivity index (χ2n) is 8.23. The zero-order valence-electron chi connectivity index (χ0n) is 16.6. The number of methoxy groups -OCH3 is 1. The molecule has 6 heteroatoms. The molecule has 2 aromatic rings. The van der Waals surface area contributed by atoms with Crippen molar-refractivity contribution in [1.29, 1.82) is 0 Å². The van der Waals surface area contributed by atoms with Gasteiger partial charge in [0.25, 0.3) is 5.91 Å². The van der Waals surface area contributed by atoms with Crippen LogP contribution in [0.25, 0.3) is 10.9 Å². The predicted molar refractivity (Wildman–Crippen MR) is 108 cm³/mol. The van der Waals surface area contributed by atoms with Crippen LogP contribution in [0.3, 0.4) is 0 Å². The number of nitrogens with one attached hydrogen (secondary N) is 2. The van der Waals surface area contributed by atoms with Crippen molar-refractivity contribution in [3.05, 3.63) is 40.2 Å². The van der Waals surface area contributed by atoms with Gasteiger partial charge in [-0.2, -0.15) is 0 Å². The third-order valence-corrected chi connectivity index (χ3v) is 5.15. The van der Waals surface area contributed by atoms with Crippen LogP contribution in [0.1, 0.15) is 44.0 Å². The molecule has 0 spiro atoms. The highest BCUT2D eigenvalue weighted by atomic mass is 16.5. The third-order valence-electron chi connectivity index (χ3n) is 5.15. The van der Waals surface area contributed by atoms with Crippen molar-refractivity contribution in [2.45, 2.75) is 39.2 Å². The summed E-state index contributed by atoms with van der Waals surface area (Å²) in [5.74, 6) is 0.913. The van der Waals surface area contributed by atoms with Crippen LogP contribution in [0.4, 0.5) is 0 Å². The van der Waals surface area contributed by atoms with E-state index in [2.05, 4.69) is 22.1 Å².